The van der Waals surface area contributed by atoms with E-state index >= 15 is 0 Å². The van der Waals surface area contributed by atoms with Crippen LogP contribution in [0.3, 0.4) is 0 Å². The highest BCUT2D eigenvalue weighted by Crippen LogP contribution is 2.34. The van der Waals surface area contributed by atoms with Gasteiger partial charge >= 0.3 is 0 Å². The third-order valence-corrected chi connectivity index (χ3v) is 5.34. The Kier molecular flexibility index (Phi) is 6.43. The topological polar surface area (TPSA) is 75.9 Å². The molecule has 0 saturated carbocycles. The summed E-state index contributed by atoms with van der Waals surface area (Å²) in [6, 6.07) is 11.5. The van der Waals surface area contributed by atoms with E-state index in [0.29, 0.717) is 5.56 Å². The van der Waals surface area contributed by atoms with E-state index in [1.807, 2.05) is 60.9 Å². The maximum absolute atomic E-state index is 12.5. The molecule has 0 aliphatic carbocycles. The highest BCUT2D eigenvalue weighted by molar-refractivity contribution is 7.99. The van der Waals surface area contributed by atoms with Gasteiger partial charge < -0.3 is 14.8 Å². The second kappa shape index (κ2) is 8.99. The lowest BCUT2D eigenvalue weighted by Crippen LogP contribution is -2.14. The summed E-state index contributed by atoms with van der Waals surface area (Å²) in [4.78, 5) is 18.9. The van der Waals surface area contributed by atoms with Gasteiger partial charge in [-0.15, -0.1) is 10.2 Å². The van der Waals surface area contributed by atoms with Gasteiger partial charge in [0.15, 0.2) is 5.16 Å². The van der Waals surface area contributed by atoms with Crippen molar-refractivity contribution in [2.45, 2.75) is 23.9 Å². The fraction of sp³-hybridized carbons (Fsp3) is 0.300. The van der Waals surface area contributed by atoms with Crippen molar-refractivity contribution in [2.75, 3.05) is 19.4 Å². The van der Waals surface area contributed by atoms with Crippen molar-refractivity contribution in [1.82, 2.24) is 24.6 Å². The Morgan fingerprint density at radius 3 is 2.75 bits per heavy atom. The van der Waals surface area contributed by atoms with Gasteiger partial charge in [-0.05, 0) is 50.8 Å². The SMILES string of the molecule is CC(Sc1nncn1C)c1cccc(NC(=O)c2ccc(CN(C)C)nc2)c1. The molecule has 7 nitrogen and oxygen atoms in total. The fourth-order valence-electron chi connectivity index (χ4n) is 2.65. The summed E-state index contributed by atoms with van der Waals surface area (Å²) < 4.78 is 1.89. The predicted molar refractivity (Wildman–Crippen MR) is 111 cm³/mol. The molecule has 0 aliphatic heterocycles. The third kappa shape index (κ3) is 5.17. The van der Waals surface area contributed by atoms with Crippen LogP contribution in [0, 0.1) is 0 Å². The Balaban J connectivity index is 1.66. The zero-order valence-corrected chi connectivity index (χ0v) is 17.3. The zero-order valence-electron chi connectivity index (χ0n) is 16.5. The molecule has 3 rings (SSSR count). The van der Waals surface area contributed by atoms with Gasteiger partial charge in [-0.1, -0.05) is 23.9 Å². The van der Waals surface area contributed by atoms with Crippen LogP contribution in [-0.4, -0.2) is 44.7 Å². The Morgan fingerprint density at radius 2 is 2.11 bits per heavy atom. The molecular weight excluding hydrogens is 372 g/mol. The number of benzene rings is 1. The minimum atomic E-state index is -0.172. The standard InChI is InChI=1S/C20H24N6OS/c1-14(28-20-24-22-13-26(20)4)15-6-5-7-17(10-15)23-19(27)16-8-9-18(21-11-16)12-25(2)3/h5-11,13-14H,12H2,1-4H3,(H,23,27). The Labute approximate surface area is 169 Å². The lowest BCUT2D eigenvalue weighted by atomic mass is 10.1. The van der Waals surface area contributed by atoms with Crippen LogP contribution >= 0.6 is 11.8 Å². The van der Waals surface area contributed by atoms with Crippen molar-refractivity contribution in [3.63, 3.8) is 0 Å². The number of nitrogens with one attached hydrogen (secondary N) is 1. The molecule has 0 fully saturated rings. The molecule has 0 bridgehead atoms. The summed E-state index contributed by atoms with van der Waals surface area (Å²) in [6.07, 6.45) is 3.30. The van der Waals surface area contributed by atoms with Gasteiger partial charge in [0.05, 0.1) is 11.3 Å². The van der Waals surface area contributed by atoms with Crippen LogP contribution in [-0.2, 0) is 13.6 Å². The van der Waals surface area contributed by atoms with Crippen molar-refractivity contribution in [2.24, 2.45) is 7.05 Å². The first-order valence-electron chi connectivity index (χ1n) is 8.94. The Hall–Kier alpha value is -2.71. The second-order valence-corrected chi connectivity index (χ2v) is 8.15. The minimum absolute atomic E-state index is 0.172. The number of rotatable bonds is 7. The predicted octanol–water partition coefficient (Wildman–Crippen LogP) is 3.38. The first-order chi connectivity index (χ1) is 13.4. The molecule has 3 aromatic rings. The lowest BCUT2D eigenvalue weighted by Gasteiger charge is -2.13. The van der Waals surface area contributed by atoms with Crippen LogP contribution in [0.2, 0.25) is 0 Å². The van der Waals surface area contributed by atoms with E-state index in [-0.39, 0.29) is 11.2 Å². The normalized spacial score (nSPS) is 12.2. The van der Waals surface area contributed by atoms with Crippen LogP contribution in [0.25, 0.3) is 0 Å². The van der Waals surface area contributed by atoms with E-state index in [4.69, 9.17) is 0 Å². The van der Waals surface area contributed by atoms with Crippen molar-refractivity contribution in [3.05, 3.63) is 65.7 Å². The largest absolute Gasteiger partial charge is 0.322 e. The molecule has 146 valence electrons. The first-order valence-corrected chi connectivity index (χ1v) is 9.82. The van der Waals surface area contributed by atoms with Gasteiger partial charge in [-0.2, -0.15) is 0 Å². The van der Waals surface area contributed by atoms with E-state index in [1.165, 1.54) is 0 Å². The Bertz CT molecular complexity index is 938. The molecule has 1 atom stereocenters. The molecule has 1 aromatic carbocycles. The number of aromatic nitrogens is 4. The minimum Gasteiger partial charge on any atom is -0.322 e. The molecule has 28 heavy (non-hydrogen) atoms. The summed E-state index contributed by atoms with van der Waals surface area (Å²) in [5, 5.41) is 12.0. The number of amides is 1. The molecule has 1 unspecified atom stereocenters. The monoisotopic (exact) mass is 396 g/mol. The van der Waals surface area contributed by atoms with Crippen LogP contribution < -0.4 is 5.32 Å². The molecule has 0 saturated heterocycles. The number of nitrogens with zero attached hydrogens (tertiary/aromatic N) is 5. The summed E-state index contributed by atoms with van der Waals surface area (Å²) in [7, 11) is 5.89. The molecule has 2 aromatic heterocycles. The van der Waals surface area contributed by atoms with Crippen molar-refractivity contribution in [1.29, 1.82) is 0 Å². The zero-order chi connectivity index (χ0) is 20.1. The molecular formula is C20H24N6OS. The molecule has 8 heteroatoms. The second-order valence-electron chi connectivity index (χ2n) is 6.84. The lowest BCUT2D eigenvalue weighted by molar-refractivity contribution is 0.102. The number of hydrogen-bond acceptors (Lipinski definition) is 6. The molecule has 0 spiro atoms. The van der Waals surface area contributed by atoms with Crippen LogP contribution in [0.5, 0.6) is 0 Å². The number of hydrogen-bond donors (Lipinski definition) is 1. The fourth-order valence-corrected chi connectivity index (χ4v) is 3.56. The number of carbonyl (C=O) groups excluding carboxylic acids is 1. The van der Waals surface area contributed by atoms with Crippen molar-refractivity contribution in [3.8, 4) is 0 Å². The van der Waals surface area contributed by atoms with Crippen LogP contribution in [0.1, 0.15) is 33.8 Å². The average Bonchev–Trinajstić information content (AvgIpc) is 3.06. The van der Waals surface area contributed by atoms with Crippen molar-refractivity contribution < 1.29 is 4.79 Å². The number of anilines is 1. The summed E-state index contributed by atoms with van der Waals surface area (Å²) in [6.45, 7) is 2.85. The Morgan fingerprint density at radius 1 is 1.29 bits per heavy atom. The highest BCUT2D eigenvalue weighted by atomic mass is 32.2. The quantitative estimate of drug-likeness (QED) is 0.617. The molecule has 0 aliphatic rings. The van der Waals surface area contributed by atoms with Gasteiger partial charge in [-0.25, -0.2) is 0 Å². The number of pyridine rings is 1. The maximum Gasteiger partial charge on any atom is 0.257 e. The van der Waals surface area contributed by atoms with Crippen LogP contribution in [0.4, 0.5) is 5.69 Å². The molecule has 1 N–H and O–H groups in total. The number of aryl methyl sites for hydroxylation is 1. The average molecular weight is 397 g/mol. The molecule has 0 radical (unpaired) electrons. The van der Waals surface area contributed by atoms with E-state index in [2.05, 4.69) is 27.4 Å². The van der Waals surface area contributed by atoms with Crippen molar-refractivity contribution >= 4 is 23.4 Å². The van der Waals surface area contributed by atoms with E-state index in [9.17, 15) is 4.79 Å². The van der Waals surface area contributed by atoms with E-state index < -0.39 is 0 Å². The summed E-state index contributed by atoms with van der Waals surface area (Å²) >= 11 is 1.62. The number of carbonyl (C=O) groups is 1. The third-order valence-electron chi connectivity index (χ3n) is 4.13. The summed E-state index contributed by atoms with van der Waals surface area (Å²) in [5.41, 5.74) is 3.32. The van der Waals surface area contributed by atoms with Crippen LogP contribution in [0.15, 0.2) is 54.1 Å². The van der Waals surface area contributed by atoms with Gasteiger partial charge in [0.25, 0.3) is 5.91 Å². The smallest absolute Gasteiger partial charge is 0.257 e. The van der Waals surface area contributed by atoms with Gasteiger partial charge in [0.1, 0.15) is 6.33 Å². The van der Waals surface area contributed by atoms with Gasteiger partial charge in [0, 0.05) is 30.7 Å². The highest BCUT2D eigenvalue weighted by Gasteiger charge is 2.13. The number of thioether (sulfide) groups is 1. The van der Waals surface area contributed by atoms with Gasteiger partial charge in [0.2, 0.25) is 0 Å². The maximum atomic E-state index is 12.5. The van der Waals surface area contributed by atoms with Gasteiger partial charge in [-0.3, -0.25) is 9.78 Å². The molecule has 1 amide bonds. The van der Waals surface area contributed by atoms with E-state index in [1.54, 1.807) is 30.4 Å². The summed E-state index contributed by atoms with van der Waals surface area (Å²) in [5.74, 6) is -0.172. The van der Waals surface area contributed by atoms with E-state index in [0.717, 1.165) is 28.6 Å². The molecule has 2 heterocycles. The first kappa shape index (κ1) is 20.0.